The number of rotatable bonds is 5. The average Bonchev–Trinajstić information content (AvgIpc) is 2.84. The normalized spacial score (nSPS) is 12.6. The van der Waals surface area contributed by atoms with E-state index in [1.165, 1.54) is 21.3 Å². The molecule has 1 aromatic carbocycles. The number of hydrogen-bond donors (Lipinski definition) is 1. The lowest BCUT2D eigenvalue weighted by Gasteiger charge is -2.20. The highest BCUT2D eigenvalue weighted by molar-refractivity contribution is 9.10. The first-order chi connectivity index (χ1) is 9.19. The van der Waals surface area contributed by atoms with Crippen LogP contribution in [0.5, 0.6) is 0 Å². The average molecular weight is 322 g/mol. The zero-order chi connectivity index (χ0) is 13.8. The van der Waals surface area contributed by atoms with Crippen molar-refractivity contribution in [1.29, 1.82) is 0 Å². The van der Waals surface area contributed by atoms with Crippen LogP contribution < -0.4 is 5.32 Å². The Kier molecular flexibility index (Phi) is 4.77. The summed E-state index contributed by atoms with van der Waals surface area (Å²) < 4.78 is 3.24. The monoisotopic (exact) mass is 321 g/mol. The topological polar surface area (TPSA) is 29.9 Å². The van der Waals surface area contributed by atoms with Gasteiger partial charge < -0.3 is 5.32 Å². The second kappa shape index (κ2) is 6.35. The van der Waals surface area contributed by atoms with Crippen LogP contribution in [0, 0.1) is 6.92 Å². The van der Waals surface area contributed by atoms with Crippen LogP contribution in [0.25, 0.3) is 0 Å². The number of aromatic nitrogens is 2. The standard InChI is InChI=1S/C15H20BrN3/c1-4-10-19-13(8-9-18-19)15(17-3)12-7-5-6-11(2)14(12)16/h5-9,15,17H,4,10H2,1-3H3. The van der Waals surface area contributed by atoms with E-state index >= 15 is 0 Å². The molecule has 102 valence electrons. The van der Waals surface area contributed by atoms with Crippen LogP contribution in [0.15, 0.2) is 34.9 Å². The predicted octanol–water partition coefficient (Wildman–Crippen LogP) is 3.67. The van der Waals surface area contributed by atoms with Crippen LogP contribution in [0.1, 0.15) is 36.2 Å². The first-order valence-electron chi connectivity index (χ1n) is 6.63. The molecular formula is C15H20BrN3. The van der Waals surface area contributed by atoms with E-state index in [0.717, 1.165) is 13.0 Å². The highest BCUT2D eigenvalue weighted by atomic mass is 79.9. The Morgan fingerprint density at radius 3 is 2.84 bits per heavy atom. The molecule has 0 aliphatic rings. The van der Waals surface area contributed by atoms with E-state index in [-0.39, 0.29) is 6.04 Å². The summed E-state index contributed by atoms with van der Waals surface area (Å²) in [5.74, 6) is 0. The molecule has 0 amide bonds. The van der Waals surface area contributed by atoms with Crippen LogP contribution in [0.4, 0.5) is 0 Å². The summed E-state index contributed by atoms with van der Waals surface area (Å²) in [6.07, 6.45) is 2.96. The molecule has 1 atom stereocenters. The van der Waals surface area contributed by atoms with Gasteiger partial charge in [0.15, 0.2) is 0 Å². The van der Waals surface area contributed by atoms with Gasteiger partial charge in [-0.25, -0.2) is 0 Å². The van der Waals surface area contributed by atoms with E-state index in [1.54, 1.807) is 0 Å². The van der Waals surface area contributed by atoms with Gasteiger partial charge in [-0.2, -0.15) is 5.10 Å². The Morgan fingerprint density at radius 1 is 1.37 bits per heavy atom. The molecule has 0 fully saturated rings. The van der Waals surface area contributed by atoms with Gasteiger partial charge in [-0.15, -0.1) is 0 Å². The summed E-state index contributed by atoms with van der Waals surface area (Å²) >= 11 is 3.70. The molecule has 2 rings (SSSR count). The van der Waals surface area contributed by atoms with Crippen LogP contribution in [0.2, 0.25) is 0 Å². The van der Waals surface area contributed by atoms with Gasteiger partial charge in [0.05, 0.1) is 11.7 Å². The zero-order valence-corrected chi connectivity index (χ0v) is 13.2. The molecule has 1 aromatic heterocycles. The Bertz CT molecular complexity index is 548. The molecule has 0 aliphatic heterocycles. The first-order valence-corrected chi connectivity index (χ1v) is 7.42. The second-order valence-corrected chi connectivity index (χ2v) is 5.47. The third-order valence-corrected chi connectivity index (χ3v) is 4.39. The molecule has 0 aliphatic carbocycles. The Balaban J connectivity index is 2.44. The van der Waals surface area contributed by atoms with Crippen LogP contribution in [0.3, 0.4) is 0 Å². The van der Waals surface area contributed by atoms with Gasteiger partial charge in [-0.1, -0.05) is 41.1 Å². The molecule has 2 aromatic rings. The van der Waals surface area contributed by atoms with E-state index < -0.39 is 0 Å². The molecule has 0 spiro atoms. The molecule has 4 heteroatoms. The summed E-state index contributed by atoms with van der Waals surface area (Å²) in [7, 11) is 1.99. The van der Waals surface area contributed by atoms with Crippen molar-refractivity contribution in [2.24, 2.45) is 0 Å². The highest BCUT2D eigenvalue weighted by Crippen LogP contribution is 2.30. The summed E-state index contributed by atoms with van der Waals surface area (Å²) in [6.45, 7) is 5.23. The maximum absolute atomic E-state index is 4.41. The van der Waals surface area contributed by atoms with Crippen molar-refractivity contribution in [1.82, 2.24) is 15.1 Å². The number of nitrogens with zero attached hydrogens (tertiary/aromatic N) is 2. The Hall–Kier alpha value is -1.13. The minimum atomic E-state index is 0.156. The molecule has 3 nitrogen and oxygen atoms in total. The lowest BCUT2D eigenvalue weighted by Crippen LogP contribution is -2.22. The van der Waals surface area contributed by atoms with Gasteiger partial charge in [-0.3, -0.25) is 4.68 Å². The quantitative estimate of drug-likeness (QED) is 0.910. The lowest BCUT2D eigenvalue weighted by atomic mass is 10.0. The molecule has 19 heavy (non-hydrogen) atoms. The van der Waals surface area contributed by atoms with Gasteiger partial charge in [0, 0.05) is 17.2 Å². The third kappa shape index (κ3) is 2.90. The van der Waals surface area contributed by atoms with Crippen molar-refractivity contribution >= 4 is 15.9 Å². The zero-order valence-electron chi connectivity index (χ0n) is 11.7. The SMILES string of the molecule is CCCn1nccc1C(NC)c1cccc(C)c1Br. The molecule has 0 saturated heterocycles. The Labute approximate surface area is 123 Å². The summed E-state index contributed by atoms with van der Waals surface area (Å²) in [6, 6.07) is 8.61. The summed E-state index contributed by atoms with van der Waals surface area (Å²) in [5, 5.41) is 7.81. The van der Waals surface area contributed by atoms with Crippen molar-refractivity contribution in [2.45, 2.75) is 32.9 Å². The van der Waals surface area contributed by atoms with Gasteiger partial charge >= 0.3 is 0 Å². The van der Waals surface area contributed by atoms with Crippen molar-refractivity contribution in [3.8, 4) is 0 Å². The number of nitrogens with one attached hydrogen (secondary N) is 1. The predicted molar refractivity (Wildman–Crippen MR) is 82.3 cm³/mol. The fraction of sp³-hybridized carbons (Fsp3) is 0.400. The number of benzene rings is 1. The molecule has 1 N–H and O–H groups in total. The second-order valence-electron chi connectivity index (χ2n) is 4.68. The van der Waals surface area contributed by atoms with E-state index in [1.807, 2.05) is 13.2 Å². The highest BCUT2D eigenvalue weighted by Gasteiger charge is 2.19. The number of hydrogen-bond acceptors (Lipinski definition) is 2. The van der Waals surface area contributed by atoms with Crippen LogP contribution in [-0.2, 0) is 6.54 Å². The van der Waals surface area contributed by atoms with Crippen molar-refractivity contribution in [2.75, 3.05) is 7.05 Å². The maximum atomic E-state index is 4.41. The van der Waals surface area contributed by atoms with Gasteiger partial charge in [-0.05, 0) is 37.6 Å². The third-order valence-electron chi connectivity index (χ3n) is 3.30. The fourth-order valence-electron chi connectivity index (χ4n) is 2.34. The number of aryl methyl sites for hydroxylation is 2. The lowest BCUT2D eigenvalue weighted by molar-refractivity contribution is 0.534. The summed E-state index contributed by atoms with van der Waals surface area (Å²) in [4.78, 5) is 0. The van der Waals surface area contributed by atoms with Gasteiger partial charge in [0.25, 0.3) is 0 Å². The van der Waals surface area contributed by atoms with Crippen molar-refractivity contribution in [3.63, 3.8) is 0 Å². The Morgan fingerprint density at radius 2 is 2.16 bits per heavy atom. The minimum Gasteiger partial charge on any atom is -0.308 e. The number of halogens is 1. The molecule has 0 saturated carbocycles. The largest absolute Gasteiger partial charge is 0.308 e. The van der Waals surface area contributed by atoms with Crippen molar-refractivity contribution < 1.29 is 0 Å². The van der Waals surface area contributed by atoms with E-state index in [9.17, 15) is 0 Å². The smallest absolute Gasteiger partial charge is 0.0756 e. The van der Waals surface area contributed by atoms with E-state index in [2.05, 4.69) is 69.1 Å². The summed E-state index contributed by atoms with van der Waals surface area (Å²) in [5.41, 5.74) is 3.70. The van der Waals surface area contributed by atoms with Gasteiger partial charge in [0.1, 0.15) is 0 Å². The molecule has 0 radical (unpaired) electrons. The fourth-order valence-corrected chi connectivity index (χ4v) is 2.84. The molecular weight excluding hydrogens is 302 g/mol. The molecule has 1 unspecified atom stereocenters. The molecule has 1 heterocycles. The minimum absolute atomic E-state index is 0.156. The van der Waals surface area contributed by atoms with Crippen molar-refractivity contribution in [3.05, 3.63) is 51.8 Å². The van der Waals surface area contributed by atoms with E-state index in [4.69, 9.17) is 0 Å². The van der Waals surface area contributed by atoms with Crippen LogP contribution in [-0.4, -0.2) is 16.8 Å². The first kappa shape index (κ1) is 14.3. The van der Waals surface area contributed by atoms with Gasteiger partial charge in [0.2, 0.25) is 0 Å². The maximum Gasteiger partial charge on any atom is 0.0756 e. The van der Waals surface area contributed by atoms with E-state index in [0.29, 0.717) is 0 Å². The molecule has 0 bridgehead atoms. The van der Waals surface area contributed by atoms with Crippen LogP contribution >= 0.6 is 15.9 Å².